The lowest BCUT2D eigenvalue weighted by atomic mass is 10.1. The molecule has 1 aliphatic rings. The maximum Gasteiger partial charge on any atom is 0.376 e. The molecule has 0 radical (unpaired) electrons. The third kappa shape index (κ3) is 2.94. The summed E-state index contributed by atoms with van der Waals surface area (Å²) >= 11 is 0. The van der Waals surface area contributed by atoms with Gasteiger partial charge in [0, 0.05) is 6.92 Å². The average Bonchev–Trinajstić information content (AvgIpc) is 2.33. The molecule has 1 aliphatic carbocycles. The van der Waals surface area contributed by atoms with E-state index >= 15 is 0 Å². The van der Waals surface area contributed by atoms with Gasteiger partial charge in [0.05, 0.1) is 0 Å². The molecule has 0 amide bonds. The van der Waals surface area contributed by atoms with Crippen LogP contribution in [0.1, 0.15) is 33.1 Å². The Morgan fingerprint density at radius 1 is 1.46 bits per heavy atom. The molecule has 4 heteroatoms. The van der Waals surface area contributed by atoms with Crippen molar-refractivity contribution in [2.24, 2.45) is 5.92 Å². The lowest BCUT2D eigenvalue weighted by molar-refractivity contribution is -0.174. The van der Waals surface area contributed by atoms with Gasteiger partial charge in [0.2, 0.25) is 0 Å². The van der Waals surface area contributed by atoms with Gasteiger partial charge < -0.3 is 4.74 Å². The lowest BCUT2D eigenvalue weighted by Gasteiger charge is -2.15. The van der Waals surface area contributed by atoms with Gasteiger partial charge in [-0.3, -0.25) is 0 Å². The third-order valence-corrected chi connectivity index (χ3v) is 2.28. The van der Waals surface area contributed by atoms with E-state index in [-0.39, 0.29) is 6.10 Å². The van der Waals surface area contributed by atoms with Crippen LogP contribution in [0.25, 0.3) is 0 Å². The summed E-state index contributed by atoms with van der Waals surface area (Å²) in [7, 11) is 0. The molecule has 0 aromatic rings. The standard InChI is InChI=1S/C9H14F2O2/c1-6-3-4-7(5-6)13-8(12)9(2,10)11/h6-7H,3-5H2,1-2H3. The quantitative estimate of drug-likeness (QED) is 0.628. The summed E-state index contributed by atoms with van der Waals surface area (Å²) in [5, 5.41) is 0. The molecule has 0 N–H and O–H groups in total. The Hall–Kier alpha value is -0.670. The van der Waals surface area contributed by atoms with Crippen LogP contribution in [-0.2, 0) is 9.53 Å². The zero-order valence-corrected chi connectivity index (χ0v) is 7.85. The van der Waals surface area contributed by atoms with Gasteiger partial charge in [-0.25, -0.2) is 4.79 Å². The molecule has 13 heavy (non-hydrogen) atoms. The maximum atomic E-state index is 12.4. The highest BCUT2D eigenvalue weighted by Crippen LogP contribution is 2.28. The van der Waals surface area contributed by atoms with Crippen LogP contribution in [0.2, 0.25) is 0 Å². The van der Waals surface area contributed by atoms with Crippen LogP contribution in [0.15, 0.2) is 0 Å². The van der Waals surface area contributed by atoms with Crippen LogP contribution in [0, 0.1) is 5.92 Å². The van der Waals surface area contributed by atoms with Crippen LogP contribution in [-0.4, -0.2) is 18.0 Å². The molecule has 0 spiro atoms. The molecule has 1 rings (SSSR count). The monoisotopic (exact) mass is 192 g/mol. The van der Waals surface area contributed by atoms with E-state index in [1.165, 1.54) is 0 Å². The van der Waals surface area contributed by atoms with Gasteiger partial charge in [-0.15, -0.1) is 0 Å². The van der Waals surface area contributed by atoms with E-state index in [1.807, 2.05) is 6.92 Å². The van der Waals surface area contributed by atoms with Crippen molar-refractivity contribution in [2.45, 2.75) is 45.1 Å². The number of hydrogen-bond acceptors (Lipinski definition) is 2. The van der Waals surface area contributed by atoms with Gasteiger partial charge >= 0.3 is 11.9 Å². The second-order valence-electron chi connectivity index (χ2n) is 3.83. The molecule has 2 nitrogen and oxygen atoms in total. The number of esters is 1. The lowest BCUT2D eigenvalue weighted by Crippen LogP contribution is -2.30. The molecular formula is C9H14F2O2. The summed E-state index contributed by atoms with van der Waals surface area (Å²) in [6.45, 7) is 2.59. The molecule has 0 aromatic carbocycles. The van der Waals surface area contributed by atoms with E-state index in [0.29, 0.717) is 25.7 Å². The molecule has 0 aromatic heterocycles. The molecule has 0 saturated heterocycles. The molecule has 2 unspecified atom stereocenters. The highest BCUT2D eigenvalue weighted by molar-refractivity contribution is 5.77. The Kier molecular flexibility index (Phi) is 2.88. The number of ether oxygens (including phenoxy) is 1. The number of hydrogen-bond donors (Lipinski definition) is 0. The van der Waals surface area contributed by atoms with Crippen molar-refractivity contribution in [3.63, 3.8) is 0 Å². The Labute approximate surface area is 76.3 Å². The minimum Gasteiger partial charge on any atom is -0.458 e. The van der Waals surface area contributed by atoms with Gasteiger partial charge in [-0.05, 0) is 25.2 Å². The topological polar surface area (TPSA) is 26.3 Å². The Morgan fingerprint density at radius 3 is 2.46 bits per heavy atom. The Balaban J connectivity index is 2.37. The van der Waals surface area contributed by atoms with Gasteiger partial charge in [0.25, 0.3) is 0 Å². The van der Waals surface area contributed by atoms with E-state index in [1.54, 1.807) is 0 Å². The number of rotatable bonds is 2. The van der Waals surface area contributed by atoms with Crippen LogP contribution < -0.4 is 0 Å². The Morgan fingerprint density at radius 2 is 2.08 bits per heavy atom. The predicted molar refractivity (Wildman–Crippen MR) is 43.5 cm³/mol. The van der Waals surface area contributed by atoms with Gasteiger partial charge in [0.15, 0.2) is 0 Å². The van der Waals surface area contributed by atoms with Crippen LogP contribution in [0.5, 0.6) is 0 Å². The molecule has 0 bridgehead atoms. The van der Waals surface area contributed by atoms with Crippen molar-refractivity contribution in [2.75, 3.05) is 0 Å². The number of alkyl halides is 2. The van der Waals surface area contributed by atoms with E-state index < -0.39 is 11.9 Å². The van der Waals surface area contributed by atoms with E-state index in [0.717, 1.165) is 6.42 Å². The average molecular weight is 192 g/mol. The van der Waals surface area contributed by atoms with Crippen molar-refractivity contribution in [1.82, 2.24) is 0 Å². The van der Waals surface area contributed by atoms with Gasteiger partial charge in [0.1, 0.15) is 6.10 Å². The molecule has 1 fully saturated rings. The molecule has 76 valence electrons. The fourth-order valence-corrected chi connectivity index (χ4v) is 1.52. The second-order valence-corrected chi connectivity index (χ2v) is 3.83. The molecule has 0 heterocycles. The first-order chi connectivity index (χ1) is 5.89. The summed E-state index contributed by atoms with van der Waals surface area (Å²) in [5.41, 5.74) is 0. The third-order valence-electron chi connectivity index (χ3n) is 2.28. The smallest absolute Gasteiger partial charge is 0.376 e. The van der Waals surface area contributed by atoms with Crippen LogP contribution >= 0.6 is 0 Å². The molecule has 0 aliphatic heterocycles. The molecule has 1 saturated carbocycles. The van der Waals surface area contributed by atoms with Crippen molar-refractivity contribution < 1.29 is 18.3 Å². The summed E-state index contributed by atoms with van der Waals surface area (Å²) < 4.78 is 29.4. The van der Waals surface area contributed by atoms with Crippen LogP contribution in [0.4, 0.5) is 8.78 Å². The summed E-state index contributed by atoms with van der Waals surface area (Å²) in [4.78, 5) is 10.8. The summed E-state index contributed by atoms with van der Waals surface area (Å²) in [6, 6.07) is 0. The van der Waals surface area contributed by atoms with Crippen molar-refractivity contribution in [1.29, 1.82) is 0 Å². The highest BCUT2D eigenvalue weighted by atomic mass is 19.3. The second kappa shape index (κ2) is 3.60. The fourth-order valence-electron chi connectivity index (χ4n) is 1.52. The van der Waals surface area contributed by atoms with Crippen molar-refractivity contribution >= 4 is 5.97 Å². The van der Waals surface area contributed by atoms with E-state index in [4.69, 9.17) is 0 Å². The number of carbonyl (C=O) groups is 1. The van der Waals surface area contributed by atoms with Crippen LogP contribution in [0.3, 0.4) is 0 Å². The first kappa shape index (κ1) is 10.4. The first-order valence-electron chi connectivity index (χ1n) is 4.48. The largest absolute Gasteiger partial charge is 0.458 e. The zero-order valence-electron chi connectivity index (χ0n) is 7.85. The normalized spacial score (nSPS) is 28.9. The first-order valence-corrected chi connectivity index (χ1v) is 4.48. The fraction of sp³-hybridized carbons (Fsp3) is 0.889. The summed E-state index contributed by atoms with van der Waals surface area (Å²) in [5.74, 6) is -4.28. The van der Waals surface area contributed by atoms with Gasteiger partial charge in [-0.2, -0.15) is 8.78 Å². The van der Waals surface area contributed by atoms with Crippen molar-refractivity contribution in [3.8, 4) is 0 Å². The number of carbonyl (C=O) groups excluding carboxylic acids is 1. The maximum absolute atomic E-state index is 12.4. The minimum atomic E-state index is -3.36. The Bertz CT molecular complexity index is 198. The predicted octanol–water partition coefficient (Wildman–Crippen LogP) is 2.37. The SMILES string of the molecule is CC1CCC(OC(=O)C(C)(F)F)C1. The van der Waals surface area contributed by atoms with Gasteiger partial charge in [-0.1, -0.05) is 6.92 Å². The zero-order chi connectivity index (χ0) is 10.1. The molecular weight excluding hydrogens is 178 g/mol. The minimum absolute atomic E-state index is 0.298. The highest BCUT2D eigenvalue weighted by Gasteiger charge is 2.37. The summed E-state index contributed by atoms with van der Waals surface area (Å²) in [6.07, 6.45) is 2.08. The van der Waals surface area contributed by atoms with E-state index in [2.05, 4.69) is 4.74 Å². The van der Waals surface area contributed by atoms with E-state index in [9.17, 15) is 13.6 Å². The number of halogens is 2. The molecule has 2 atom stereocenters. The van der Waals surface area contributed by atoms with Crippen molar-refractivity contribution in [3.05, 3.63) is 0 Å².